The van der Waals surface area contributed by atoms with Crippen LogP contribution in [0.1, 0.15) is 19.8 Å². The second-order valence-electron chi connectivity index (χ2n) is 4.37. The Kier molecular flexibility index (Phi) is 4.66. The molecular weight excluding hydrogens is 240 g/mol. The van der Waals surface area contributed by atoms with Crippen molar-refractivity contribution in [1.29, 1.82) is 0 Å². The monoisotopic (exact) mass is 258 g/mol. The molecule has 0 aliphatic heterocycles. The summed E-state index contributed by atoms with van der Waals surface area (Å²) < 4.78 is 4.77. The Balaban J connectivity index is 2.40. The Morgan fingerprint density at radius 2 is 2.00 bits per heavy atom. The minimum Gasteiger partial charge on any atom is -0.480 e. The minimum absolute atomic E-state index is 0.326. The van der Waals surface area contributed by atoms with E-state index in [1.807, 2.05) is 0 Å². The number of ether oxygens (including phenoxy) is 1. The number of amides is 2. The van der Waals surface area contributed by atoms with E-state index in [2.05, 4.69) is 10.6 Å². The van der Waals surface area contributed by atoms with Gasteiger partial charge in [-0.3, -0.25) is 14.4 Å². The van der Waals surface area contributed by atoms with Gasteiger partial charge in [0, 0.05) is 13.7 Å². The second kappa shape index (κ2) is 5.81. The Morgan fingerprint density at radius 3 is 2.44 bits per heavy atom. The van der Waals surface area contributed by atoms with E-state index in [1.54, 1.807) is 0 Å². The number of hydrogen-bond donors (Lipinski definition) is 3. The number of carboxylic acid groups (broad SMARTS) is 1. The summed E-state index contributed by atoms with van der Waals surface area (Å²) >= 11 is 0. The molecule has 2 amide bonds. The smallest absolute Gasteiger partial charge is 0.319 e. The van der Waals surface area contributed by atoms with Crippen LogP contribution in [0.5, 0.6) is 0 Å². The molecule has 3 N–H and O–H groups in total. The molecule has 0 radical (unpaired) electrons. The number of carbonyl (C=O) groups excluding carboxylic acids is 2. The SMILES string of the molecule is COCCNC(=O)C(C)NC(=O)C1(C(=O)O)CC1. The van der Waals surface area contributed by atoms with E-state index in [0.717, 1.165) is 0 Å². The van der Waals surface area contributed by atoms with Gasteiger partial charge in [-0.05, 0) is 19.8 Å². The quantitative estimate of drug-likeness (QED) is 0.406. The molecule has 1 aliphatic carbocycles. The third-order valence-corrected chi connectivity index (χ3v) is 2.94. The number of carboxylic acids is 1. The molecule has 0 aromatic carbocycles. The maximum Gasteiger partial charge on any atom is 0.319 e. The highest BCUT2D eigenvalue weighted by Crippen LogP contribution is 2.46. The van der Waals surface area contributed by atoms with Gasteiger partial charge in [-0.2, -0.15) is 0 Å². The van der Waals surface area contributed by atoms with Crippen LogP contribution in [-0.2, 0) is 19.1 Å². The summed E-state index contributed by atoms with van der Waals surface area (Å²) in [7, 11) is 1.51. The van der Waals surface area contributed by atoms with Crippen molar-refractivity contribution in [2.24, 2.45) is 5.41 Å². The van der Waals surface area contributed by atoms with E-state index in [0.29, 0.717) is 26.0 Å². The molecule has 0 saturated heterocycles. The highest BCUT2D eigenvalue weighted by Gasteiger charge is 2.57. The fourth-order valence-corrected chi connectivity index (χ4v) is 1.49. The molecule has 1 atom stereocenters. The maximum absolute atomic E-state index is 11.7. The summed E-state index contributed by atoms with van der Waals surface area (Å²) in [5, 5.41) is 13.9. The zero-order valence-corrected chi connectivity index (χ0v) is 10.5. The van der Waals surface area contributed by atoms with E-state index >= 15 is 0 Å². The van der Waals surface area contributed by atoms with Gasteiger partial charge in [-0.1, -0.05) is 0 Å². The molecule has 0 aromatic rings. The summed E-state index contributed by atoms with van der Waals surface area (Å²) in [4.78, 5) is 34.2. The van der Waals surface area contributed by atoms with Gasteiger partial charge < -0.3 is 20.5 Å². The van der Waals surface area contributed by atoms with Crippen LogP contribution < -0.4 is 10.6 Å². The molecular formula is C11H18N2O5. The predicted octanol–water partition coefficient (Wildman–Crippen LogP) is -0.881. The molecule has 7 heteroatoms. The van der Waals surface area contributed by atoms with Crippen molar-refractivity contribution in [1.82, 2.24) is 10.6 Å². The summed E-state index contributed by atoms with van der Waals surface area (Å²) in [5.41, 5.74) is -1.32. The van der Waals surface area contributed by atoms with Crippen LogP contribution in [0.2, 0.25) is 0 Å². The minimum atomic E-state index is -1.32. The van der Waals surface area contributed by atoms with Crippen LogP contribution in [0.15, 0.2) is 0 Å². The molecule has 1 unspecified atom stereocenters. The Labute approximate surface area is 105 Å². The lowest BCUT2D eigenvalue weighted by Gasteiger charge is -2.16. The lowest BCUT2D eigenvalue weighted by molar-refractivity contribution is -0.149. The number of aliphatic carboxylic acids is 1. The van der Waals surface area contributed by atoms with Crippen molar-refractivity contribution in [2.45, 2.75) is 25.8 Å². The van der Waals surface area contributed by atoms with Crippen LogP contribution in [-0.4, -0.2) is 49.2 Å². The number of carbonyl (C=O) groups is 3. The first kappa shape index (κ1) is 14.4. The molecule has 0 spiro atoms. The van der Waals surface area contributed by atoms with Gasteiger partial charge in [0.1, 0.15) is 11.5 Å². The average molecular weight is 258 g/mol. The molecule has 0 heterocycles. The van der Waals surface area contributed by atoms with Crippen molar-refractivity contribution >= 4 is 17.8 Å². The van der Waals surface area contributed by atoms with Gasteiger partial charge in [0.2, 0.25) is 11.8 Å². The molecule has 18 heavy (non-hydrogen) atoms. The van der Waals surface area contributed by atoms with Gasteiger partial charge in [-0.25, -0.2) is 0 Å². The Bertz CT molecular complexity index is 351. The Hall–Kier alpha value is -1.63. The summed E-state index contributed by atoms with van der Waals surface area (Å²) in [6.07, 6.45) is 0.651. The second-order valence-corrected chi connectivity index (χ2v) is 4.37. The van der Waals surface area contributed by atoms with E-state index in [-0.39, 0.29) is 5.91 Å². The fraction of sp³-hybridized carbons (Fsp3) is 0.727. The largest absolute Gasteiger partial charge is 0.480 e. The molecule has 0 aromatic heterocycles. The van der Waals surface area contributed by atoms with E-state index in [9.17, 15) is 14.4 Å². The maximum atomic E-state index is 11.7. The van der Waals surface area contributed by atoms with Gasteiger partial charge in [0.05, 0.1) is 6.61 Å². The highest BCUT2D eigenvalue weighted by atomic mass is 16.5. The zero-order chi connectivity index (χ0) is 13.8. The normalized spacial score (nSPS) is 17.7. The van der Waals surface area contributed by atoms with Crippen LogP contribution in [0.25, 0.3) is 0 Å². The third kappa shape index (κ3) is 3.19. The topological polar surface area (TPSA) is 105 Å². The van der Waals surface area contributed by atoms with Gasteiger partial charge in [0.15, 0.2) is 0 Å². The first-order valence-corrected chi connectivity index (χ1v) is 5.75. The van der Waals surface area contributed by atoms with E-state index in [4.69, 9.17) is 9.84 Å². The van der Waals surface area contributed by atoms with Gasteiger partial charge >= 0.3 is 5.97 Å². The lowest BCUT2D eigenvalue weighted by atomic mass is 10.1. The highest BCUT2D eigenvalue weighted by molar-refractivity contribution is 6.06. The molecule has 7 nitrogen and oxygen atoms in total. The van der Waals surface area contributed by atoms with E-state index in [1.165, 1.54) is 14.0 Å². The van der Waals surface area contributed by atoms with Gasteiger partial charge in [0.25, 0.3) is 0 Å². The first-order chi connectivity index (χ1) is 8.44. The standard InChI is InChI=1S/C11H18N2O5/c1-7(8(14)12-5-6-18-2)13-9(15)11(3-4-11)10(16)17/h7H,3-6H2,1-2H3,(H,12,14)(H,13,15)(H,16,17). The summed E-state index contributed by atoms with van der Waals surface area (Å²) in [6.45, 7) is 2.24. The van der Waals surface area contributed by atoms with Crippen LogP contribution in [0.3, 0.4) is 0 Å². The van der Waals surface area contributed by atoms with Crippen LogP contribution in [0.4, 0.5) is 0 Å². The zero-order valence-electron chi connectivity index (χ0n) is 10.5. The Morgan fingerprint density at radius 1 is 1.39 bits per heavy atom. The summed E-state index contributed by atoms with van der Waals surface area (Å²) in [5.74, 6) is -2.09. The van der Waals surface area contributed by atoms with Crippen molar-refractivity contribution < 1.29 is 24.2 Å². The number of nitrogens with one attached hydrogen (secondary N) is 2. The molecule has 1 aliphatic rings. The van der Waals surface area contributed by atoms with Crippen molar-refractivity contribution in [2.75, 3.05) is 20.3 Å². The number of methoxy groups -OCH3 is 1. The first-order valence-electron chi connectivity index (χ1n) is 5.75. The van der Waals surface area contributed by atoms with Crippen molar-refractivity contribution in [3.63, 3.8) is 0 Å². The molecule has 1 saturated carbocycles. The van der Waals surface area contributed by atoms with Crippen LogP contribution in [0, 0.1) is 5.41 Å². The number of hydrogen-bond acceptors (Lipinski definition) is 4. The molecule has 102 valence electrons. The van der Waals surface area contributed by atoms with Gasteiger partial charge in [-0.15, -0.1) is 0 Å². The molecule has 1 rings (SSSR count). The predicted molar refractivity (Wildman–Crippen MR) is 61.8 cm³/mol. The summed E-state index contributed by atoms with van der Waals surface area (Å²) in [6, 6.07) is -0.758. The lowest BCUT2D eigenvalue weighted by Crippen LogP contribution is -2.49. The molecule has 0 bridgehead atoms. The van der Waals surface area contributed by atoms with Crippen molar-refractivity contribution in [3.05, 3.63) is 0 Å². The third-order valence-electron chi connectivity index (χ3n) is 2.94. The van der Waals surface area contributed by atoms with Crippen molar-refractivity contribution in [3.8, 4) is 0 Å². The average Bonchev–Trinajstić information content (AvgIpc) is 3.10. The van der Waals surface area contributed by atoms with E-state index < -0.39 is 23.3 Å². The molecule has 1 fully saturated rings. The fourth-order valence-electron chi connectivity index (χ4n) is 1.49. The number of rotatable bonds is 7. The van der Waals surface area contributed by atoms with Crippen LogP contribution >= 0.6 is 0 Å².